The zero-order valence-corrected chi connectivity index (χ0v) is 22.4. The van der Waals surface area contributed by atoms with Crippen LogP contribution in [0, 0.1) is 11.8 Å². The lowest BCUT2D eigenvalue weighted by Gasteiger charge is -2.38. The number of ether oxygens (including phenoxy) is 1. The number of rotatable bonds is 8. The van der Waals surface area contributed by atoms with Crippen molar-refractivity contribution < 1.29 is 19.4 Å². The summed E-state index contributed by atoms with van der Waals surface area (Å²) in [6, 6.07) is 15.3. The molecule has 1 aliphatic heterocycles. The largest absolute Gasteiger partial charge is 0.486 e. The Morgan fingerprint density at radius 3 is 2.57 bits per heavy atom. The molecule has 7 nitrogen and oxygen atoms in total. The van der Waals surface area contributed by atoms with Gasteiger partial charge in [0.05, 0.1) is 23.9 Å². The van der Waals surface area contributed by atoms with E-state index in [1.165, 1.54) is 12.0 Å². The van der Waals surface area contributed by atoms with Crippen LogP contribution in [0.4, 0.5) is 5.69 Å². The van der Waals surface area contributed by atoms with Crippen molar-refractivity contribution in [2.24, 2.45) is 11.8 Å². The lowest BCUT2D eigenvalue weighted by molar-refractivity contribution is -0.120. The van der Waals surface area contributed by atoms with E-state index in [1.807, 2.05) is 31.2 Å². The number of amides is 2. The molecule has 7 heteroatoms. The van der Waals surface area contributed by atoms with Crippen LogP contribution in [0.2, 0.25) is 0 Å². The summed E-state index contributed by atoms with van der Waals surface area (Å²) in [5.74, 6) is 0.236. The van der Waals surface area contributed by atoms with Gasteiger partial charge in [-0.15, -0.1) is 0 Å². The third-order valence-electron chi connectivity index (χ3n) is 7.71. The summed E-state index contributed by atoms with van der Waals surface area (Å²) in [5.41, 5.74) is 2.18. The van der Waals surface area contributed by atoms with Crippen LogP contribution >= 0.6 is 0 Å². The molecular weight excluding hydrogens is 466 g/mol. The monoisotopic (exact) mass is 507 g/mol. The van der Waals surface area contributed by atoms with Crippen LogP contribution in [-0.2, 0) is 11.3 Å². The standard InChI is InChI=1S/C30H41N3O4/c1-21-17-33(22(2)20-34)30(36)25-15-10-16-26(31-29(35)24-13-8-5-9-14-24)28(25)37-27(21)19-32(3)18-23-11-6-4-7-12-23/h4,6-7,10-12,15-16,21-22,24,27,34H,5,8-9,13-14,17-20H2,1-3H3,(H,31,35)/t21-,22+,27-/m1/s1. The van der Waals surface area contributed by atoms with Gasteiger partial charge in [-0.25, -0.2) is 0 Å². The van der Waals surface area contributed by atoms with Crippen LogP contribution in [0.3, 0.4) is 0 Å². The first-order valence-corrected chi connectivity index (χ1v) is 13.6. The van der Waals surface area contributed by atoms with E-state index in [2.05, 4.69) is 36.3 Å². The van der Waals surface area contributed by atoms with Gasteiger partial charge in [-0.05, 0) is 44.5 Å². The molecular formula is C30H41N3O4. The molecule has 1 aliphatic carbocycles. The Morgan fingerprint density at radius 1 is 1.14 bits per heavy atom. The smallest absolute Gasteiger partial charge is 0.258 e. The molecule has 0 aromatic heterocycles. The molecule has 2 aliphatic rings. The highest BCUT2D eigenvalue weighted by Gasteiger charge is 2.35. The maximum atomic E-state index is 13.7. The number of aliphatic hydroxyl groups is 1. The number of hydrogen-bond acceptors (Lipinski definition) is 5. The van der Waals surface area contributed by atoms with E-state index in [0.717, 1.165) is 32.2 Å². The lowest BCUT2D eigenvalue weighted by atomic mass is 9.88. The van der Waals surface area contributed by atoms with Crippen LogP contribution in [-0.4, -0.2) is 65.6 Å². The Bertz CT molecular complexity index is 1050. The third kappa shape index (κ3) is 6.70. The van der Waals surface area contributed by atoms with Crippen LogP contribution < -0.4 is 10.1 Å². The molecule has 0 bridgehead atoms. The van der Waals surface area contributed by atoms with Crippen molar-refractivity contribution in [1.29, 1.82) is 0 Å². The molecule has 2 amide bonds. The topological polar surface area (TPSA) is 82.1 Å². The van der Waals surface area contributed by atoms with E-state index in [-0.39, 0.29) is 42.4 Å². The van der Waals surface area contributed by atoms with E-state index < -0.39 is 0 Å². The SMILES string of the molecule is C[C@@H]1CN([C@@H](C)CO)C(=O)c2cccc(NC(=O)C3CCCCC3)c2O[C@@H]1CN(C)Cc1ccccc1. The van der Waals surface area contributed by atoms with Crippen molar-refractivity contribution >= 4 is 17.5 Å². The summed E-state index contributed by atoms with van der Waals surface area (Å²) < 4.78 is 6.64. The fourth-order valence-corrected chi connectivity index (χ4v) is 5.43. The van der Waals surface area contributed by atoms with Crippen molar-refractivity contribution in [3.05, 3.63) is 59.7 Å². The normalized spacial score (nSPS) is 21.5. The summed E-state index contributed by atoms with van der Waals surface area (Å²) in [5, 5.41) is 13.0. The first kappa shape index (κ1) is 27.1. The van der Waals surface area contributed by atoms with Gasteiger partial charge in [0.15, 0.2) is 5.75 Å². The molecule has 3 atom stereocenters. The number of aliphatic hydroxyl groups excluding tert-OH is 1. The molecule has 2 N–H and O–H groups in total. The number of nitrogens with one attached hydrogen (secondary N) is 1. The van der Waals surface area contributed by atoms with Crippen molar-refractivity contribution in [2.45, 2.75) is 64.6 Å². The van der Waals surface area contributed by atoms with Crippen molar-refractivity contribution in [1.82, 2.24) is 9.80 Å². The van der Waals surface area contributed by atoms with E-state index in [1.54, 1.807) is 17.0 Å². The second-order valence-corrected chi connectivity index (χ2v) is 10.8. The highest BCUT2D eigenvalue weighted by atomic mass is 16.5. The predicted octanol–water partition coefficient (Wildman–Crippen LogP) is 4.56. The van der Waals surface area contributed by atoms with Gasteiger partial charge in [0.2, 0.25) is 5.91 Å². The number of hydrogen-bond donors (Lipinski definition) is 2. The summed E-state index contributed by atoms with van der Waals surface area (Å²) in [4.78, 5) is 30.8. The Kier molecular flexibility index (Phi) is 9.22. The molecule has 200 valence electrons. The Hall–Kier alpha value is -2.90. The molecule has 0 spiro atoms. The Labute approximate surface area is 220 Å². The van der Waals surface area contributed by atoms with Gasteiger partial charge in [0, 0.05) is 31.5 Å². The van der Waals surface area contributed by atoms with Gasteiger partial charge in [-0.3, -0.25) is 14.5 Å². The highest BCUT2D eigenvalue weighted by molar-refractivity contribution is 6.02. The average molecular weight is 508 g/mol. The zero-order chi connectivity index (χ0) is 26.4. The number of para-hydroxylation sites is 1. The number of fused-ring (bicyclic) bond motifs is 1. The number of carbonyl (C=O) groups is 2. The fraction of sp³-hybridized carbons (Fsp3) is 0.533. The summed E-state index contributed by atoms with van der Waals surface area (Å²) in [6.07, 6.45) is 4.89. The Balaban J connectivity index is 1.63. The van der Waals surface area contributed by atoms with Crippen molar-refractivity contribution in [3.8, 4) is 5.75 Å². The van der Waals surface area contributed by atoms with E-state index in [0.29, 0.717) is 30.1 Å². The van der Waals surface area contributed by atoms with Gasteiger partial charge in [0.1, 0.15) is 6.10 Å². The molecule has 1 saturated carbocycles. The summed E-state index contributed by atoms with van der Waals surface area (Å²) >= 11 is 0. The van der Waals surface area contributed by atoms with Gasteiger partial charge in [-0.2, -0.15) is 0 Å². The maximum Gasteiger partial charge on any atom is 0.258 e. The number of nitrogens with zero attached hydrogens (tertiary/aromatic N) is 2. The van der Waals surface area contributed by atoms with Crippen LogP contribution in [0.25, 0.3) is 0 Å². The average Bonchev–Trinajstić information content (AvgIpc) is 2.91. The second kappa shape index (κ2) is 12.6. The molecule has 2 aromatic carbocycles. The van der Waals surface area contributed by atoms with E-state index >= 15 is 0 Å². The van der Waals surface area contributed by atoms with Gasteiger partial charge in [-0.1, -0.05) is 62.6 Å². The minimum Gasteiger partial charge on any atom is -0.486 e. The molecule has 4 rings (SSSR count). The molecule has 1 fully saturated rings. The van der Waals surface area contributed by atoms with Crippen LogP contribution in [0.1, 0.15) is 61.9 Å². The first-order valence-electron chi connectivity index (χ1n) is 13.6. The molecule has 37 heavy (non-hydrogen) atoms. The zero-order valence-electron chi connectivity index (χ0n) is 22.4. The minimum atomic E-state index is -0.330. The molecule has 2 aromatic rings. The highest BCUT2D eigenvalue weighted by Crippen LogP contribution is 2.36. The fourth-order valence-electron chi connectivity index (χ4n) is 5.43. The third-order valence-corrected chi connectivity index (χ3v) is 7.71. The molecule has 0 saturated heterocycles. The maximum absolute atomic E-state index is 13.7. The molecule has 0 radical (unpaired) electrons. The second-order valence-electron chi connectivity index (χ2n) is 10.8. The van der Waals surface area contributed by atoms with E-state index in [9.17, 15) is 14.7 Å². The number of benzene rings is 2. The van der Waals surface area contributed by atoms with Gasteiger partial charge >= 0.3 is 0 Å². The van der Waals surface area contributed by atoms with Crippen LogP contribution in [0.15, 0.2) is 48.5 Å². The number of anilines is 1. The molecule has 1 heterocycles. The van der Waals surface area contributed by atoms with Gasteiger partial charge < -0.3 is 20.1 Å². The Morgan fingerprint density at radius 2 is 1.86 bits per heavy atom. The lowest BCUT2D eigenvalue weighted by Crippen LogP contribution is -2.49. The van der Waals surface area contributed by atoms with Gasteiger partial charge in [0.25, 0.3) is 5.91 Å². The first-order chi connectivity index (χ1) is 17.9. The van der Waals surface area contributed by atoms with Crippen molar-refractivity contribution in [2.75, 3.05) is 32.1 Å². The predicted molar refractivity (Wildman–Crippen MR) is 146 cm³/mol. The summed E-state index contributed by atoms with van der Waals surface area (Å²) in [7, 11) is 2.07. The number of likely N-dealkylation sites (N-methyl/N-ethyl adjacent to an activating group) is 1. The van der Waals surface area contributed by atoms with E-state index in [4.69, 9.17) is 4.74 Å². The van der Waals surface area contributed by atoms with Crippen molar-refractivity contribution in [3.63, 3.8) is 0 Å². The minimum absolute atomic E-state index is 0.00224. The number of carbonyl (C=O) groups excluding carboxylic acids is 2. The van der Waals surface area contributed by atoms with Crippen LogP contribution in [0.5, 0.6) is 5.75 Å². The summed E-state index contributed by atoms with van der Waals surface area (Å²) in [6.45, 7) is 5.72. The molecule has 0 unspecified atom stereocenters. The quantitative estimate of drug-likeness (QED) is 0.548.